The van der Waals surface area contributed by atoms with Crippen LogP contribution in [0.3, 0.4) is 0 Å². The maximum absolute atomic E-state index is 12.2. The minimum Gasteiger partial charge on any atom is -0.281 e. The van der Waals surface area contributed by atoms with E-state index in [9.17, 15) is 34.8 Å². The van der Waals surface area contributed by atoms with Crippen LogP contribution in [0.15, 0.2) is 60.7 Å². The smallest absolute Gasteiger partial charge is 0.281 e. The fourth-order valence-corrected chi connectivity index (χ4v) is 3.43. The lowest BCUT2D eigenvalue weighted by Gasteiger charge is -2.28. The van der Waals surface area contributed by atoms with Crippen LogP contribution in [0.1, 0.15) is 6.92 Å². The highest BCUT2D eigenvalue weighted by Gasteiger charge is 2.75. The first-order valence-electron chi connectivity index (χ1n) is 7.25. The molecule has 0 radical (unpaired) electrons. The summed E-state index contributed by atoms with van der Waals surface area (Å²) in [5, 5.41) is -3.33. The third-order valence-corrected chi connectivity index (χ3v) is 5.51. The average molecular weight is 433 g/mol. The Kier molecular flexibility index (Phi) is 7.44. The lowest BCUT2D eigenvalue weighted by molar-refractivity contribution is -0.273. The quantitative estimate of drug-likeness (QED) is 0.444. The Labute approximate surface area is 153 Å². The van der Waals surface area contributed by atoms with Crippen molar-refractivity contribution in [1.29, 1.82) is 0 Å². The van der Waals surface area contributed by atoms with Gasteiger partial charge in [-0.3, -0.25) is 4.55 Å². The second kappa shape index (κ2) is 8.58. The van der Waals surface area contributed by atoms with E-state index in [0.717, 1.165) is 0 Å². The molecule has 0 saturated heterocycles. The summed E-state index contributed by atoms with van der Waals surface area (Å²) in [5.74, 6) is -11.5. The SMILES string of the molecule is CC(F)(F)C(F)(F)C(F)(F)S(=O)(=O)O.c1ccc([PH2+]c2ccccc2)cc1. The largest absolute Gasteiger partial charge is 0.437 e. The van der Waals surface area contributed by atoms with Gasteiger partial charge in [-0.25, -0.2) is 0 Å². The van der Waals surface area contributed by atoms with Gasteiger partial charge in [0.15, 0.2) is 0 Å². The van der Waals surface area contributed by atoms with Gasteiger partial charge in [-0.15, -0.1) is 0 Å². The molecule has 0 spiro atoms. The maximum atomic E-state index is 12.2. The molecule has 0 aliphatic rings. The zero-order valence-corrected chi connectivity index (χ0v) is 15.8. The molecular weight excluding hydrogens is 417 g/mol. The van der Waals surface area contributed by atoms with E-state index in [4.69, 9.17) is 4.55 Å². The van der Waals surface area contributed by atoms with E-state index in [1.807, 2.05) is 0 Å². The van der Waals surface area contributed by atoms with Crippen LogP contribution in [0.5, 0.6) is 0 Å². The van der Waals surface area contributed by atoms with Crippen molar-refractivity contribution < 1.29 is 39.3 Å². The fraction of sp³-hybridized carbons (Fsp3) is 0.250. The van der Waals surface area contributed by atoms with Gasteiger partial charge in [0.05, 0.1) is 19.2 Å². The molecule has 2 aromatic rings. The highest BCUT2D eigenvalue weighted by Crippen LogP contribution is 2.47. The molecule has 0 aromatic heterocycles. The molecule has 150 valence electrons. The van der Waals surface area contributed by atoms with Crippen LogP contribution >= 0.6 is 8.58 Å². The van der Waals surface area contributed by atoms with Gasteiger partial charge in [-0.05, 0) is 24.3 Å². The van der Waals surface area contributed by atoms with E-state index in [1.165, 1.54) is 10.6 Å². The van der Waals surface area contributed by atoms with Crippen LogP contribution in [0, 0.1) is 0 Å². The van der Waals surface area contributed by atoms with Crippen LogP contribution in [0.25, 0.3) is 0 Å². The van der Waals surface area contributed by atoms with E-state index < -0.39 is 34.1 Å². The molecule has 0 fully saturated rings. The summed E-state index contributed by atoms with van der Waals surface area (Å²) in [6, 6.07) is 21.3. The molecule has 0 heterocycles. The molecule has 11 heteroatoms. The number of alkyl halides is 6. The molecular formula is C16H16F6O3PS+. The topological polar surface area (TPSA) is 54.4 Å². The van der Waals surface area contributed by atoms with E-state index in [2.05, 4.69) is 60.7 Å². The number of benzene rings is 2. The summed E-state index contributed by atoms with van der Waals surface area (Å²) >= 11 is 0. The first-order valence-corrected chi connectivity index (χ1v) is 9.85. The molecule has 0 aliphatic carbocycles. The molecule has 0 bridgehead atoms. The van der Waals surface area contributed by atoms with Gasteiger partial charge < -0.3 is 0 Å². The van der Waals surface area contributed by atoms with E-state index in [-0.39, 0.29) is 8.58 Å². The summed E-state index contributed by atoms with van der Waals surface area (Å²) < 4.78 is 99.6. The van der Waals surface area contributed by atoms with Gasteiger partial charge >= 0.3 is 27.2 Å². The Balaban J connectivity index is 0.000000270. The fourth-order valence-electron chi connectivity index (χ4n) is 1.71. The van der Waals surface area contributed by atoms with E-state index >= 15 is 0 Å². The van der Waals surface area contributed by atoms with Crippen LogP contribution in [0.2, 0.25) is 0 Å². The third kappa shape index (κ3) is 5.92. The first-order chi connectivity index (χ1) is 12.2. The Morgan fingerprint density at radius 2 is 1.11 bits per heavy atom. The summed E-state index contributed by atoms with van der Waals surface area (Å²) in [5.41, 5.74) is 0. The zero-order valence-electron chi connectivity index (χ0n) is 13.8. The van der Waals surface area contributed by atoms with Gasteiger partial charge in [0.2, 0.25) is 0 Å². The van der Waals surface area contributed by atoms with Crippen molar-refractivity contribution in [1.82, 2.24) is 0 Å². The average Bonchev–Trinajstić information content (AvgIpc) is 2.55. The summed E-state index contributed by atoms with van der Waals surface area (Å²) in [7, 11) is -6.34. The zero-order chi connectivity index (χ0) is 20.9. The number of rotatable bonds is 5. The molecule has 3 nitrogen and oxygen atoms in total. The second-order valence-corrected chi connectivity index (χ2v) is 8.51. The first kappa shape index (κ1) is 23.4. The number of halogens is 6. The van der Waals surface area contributed by atoms with Gasteiger partial charge in [0.1, 0.15) is 0 Å². The highest BCUT2D eigenvalue weighted by molar-refractivity contribution is 7.87. The van der Waals surface area contributed by atoms with Crippen LogP contribution < -0.4 is 10.6 Å². The molecule has 0 aliphatic heterocycles. The van der Waals surface area contributed by atoms with Gasteiger partial charge in [-0.2, -0.15) is 34.8 Å². The van der Waals surface area contributed by atoms with Crippen molar-refractivity contribution in [3.05, 3.63) is 60.7 Å². The van der Waals surface area contributed by atoms with Crippen LogP contribution in [-0.2, 0) is 10.1 Å². The Hall–Kier alpha value is -1.64. The molecule has 2 rings (SSSR count). The Morgan fingerprint density at radius 1 is 0.778 bits per heavy atom. The normalized spacial score (nSPS) is 12.9. The monoisotopic (exact) mass is 433 g/mol. The summed E-state index contributed by atoms with van der Waals surface area (Å²) in [6.07, 6.45) is 0. The maximum Gasteiger partial charge on any atom is 0.437 e. The Bertz CT molecular complexity index is 787. The van der Waals surface area contributed by atoms with Crippen molar-refractivity contribution >= 4 is 29.3 Å². The van der Waals surface area contributed by atoms with Crippen LogP contribution in [0.4, 0.5) is 26.3 Å². The van der Waals surface area contributed by atoms with Crippen molar-refractivity contribution in [2.45, 2.75) is 24.0 Å². The third-order valence-electron chi connectivity index (χ3n) is 3.17. The molecule has 1 N–H and O–H groups in total. The number of hydrogen-bond donors (Lipinski definition) is 1. The van der Waals surface area contributed by atoms with E-state index in [1.54, 1.807) is 0 Å². The minimum atomic E-state index is -6.61. The Morgan fingerprint density at radius 3 is 1.33 bits per heavy atom. The van der Waals surface area contributed by atoms with E-state index in [0.29, 0.717) is 0 Å². The van der Waals surface area contributed by atoms with Gasteiger partial charge in [0, 0.05) is 6.92 Å². The van der Waals surface area contributed by atoms with Crippen molar-refractivity contribution in [3.63, 3.8) is 0 Å². The van der Waals surface area contributed by atoms with Crippen molar-refractivity contribution in [3.8, 4) is 0 Å². The molecule has 0 amide bonds. The lowest BCUT2D eigenvalue weighted by atomic mass is 10.2. The molecule has 2 aromatic carbocycles. The minimum absolute atomic E-state index is 0.271. The number of hydrogen-bond acceptors (Lipinski definition) is 2. The molecule has 0 unspecified atom stereocenters. The van der Waals surface area contributed by atoms with Gasteiger partial charge in [-0.1, -0.05) is 36.4 Å². The molecule has 27 heavy (non-hydrogen) atoms. The summed E-state index contributed by atoms with van der Waals surface area (Å²) in [4.78, 5) is 0. The molecule has 0 atom stereocenters. The van der Waals surface area contributed by atoms with Crippen LogP contribution in [-0.4, -0.2) is 30.1 Å². The standard InChI is InChI=1S/C12H11P.C4H4F6O3S/c1-3-7-11(8-4-1)13-12-9-5-2-6-10-12;1-2(5,6)3(7,8)4(9,10)14(11,12)13/h1-10,13H;1H3,(H,11,12,13)/p+1. The predicted molar refractivity (Wildman–Crippen MR) is 93.9 cm³/mol. The molecule has 0 saturated carbocycles. The van der Waals surface area contributed by atoms with Crippen molar-refractivity contribution in [2.24, 2.45) is 0 Å². The second-order valence-electron chi connectivity index (χ2n) is 5.42. The van der Waals surface area contributed by atoms with Gasteiger partial charge in [0.25, 0.3) is 0 Å². The lowest BCUT2D eigenvalue weighted by Crippen LogP contribution is -2.56. The highest BCUT2D eigenvalue weighted by atomic mass is 32.2. The summed E-state index contributed by atoms with van der Waals surface area (Å²) in [6.45, 7) is -0.591. The van der Waals surface area contributed by atoms with Crippen molar-refractivity contribution in [2.75, 3.05) is 0 Å². The predicted octanol–water partition coefficient (Wildman–Crippen LogP) is 3.81.